The first kappa shape index (κ1) is 22.5. The van der Waals surface area contributed by atoms with E-state index in [1.807, 2.05) is 49.4 Å². The van der Waals surface area contributed by atoms with Crippen LogP contribution in [0.3, 0.4) is 0 Å². The van der Waals surface area contributed by atoms with Crippen LogP contribution in [0.25, 0.3) is 17.2 Å². The Balaban J connectivity index is 1.99. The van der Waals surface area contributed by atoms with Crippen LogP contribution in [0.2, 0.25) is 0 Å². The van der Waals surface area contributed by atoms with Gasteiger partial charge in [-0.05, 0) is 61.6 Å². The molecule has 2 aromatic rings. The van der Waals surface area contributed by atoms with Crippen molar-refractivity contribution in [2.24, 2.45) is 0 Å². The van der Waals surface area contributed by atoms with Gasteiger partial charge in [0, 0.05) is 18.2 Å². The van der Waals surface area contributed by atoms with E-state index in [2.05, 4.69) is 0 Å². The number of aliphatic hydroxyl groups excluding tert-OH is 1. The van der Waals surface area contributed by atoms with Gasteiger partial charge in [0.2, 0.25) is 0 Å². The van der Waals surface area contributed by atoms with Gasteiger partial charge in [0.15, 0.2) is 0 Å². The molecule has 0 fully saturated rings. The predicted molar refractivity (Wildman–Crippen MR) is 115 cm³/mol. The molecular weight excluding hydrogens is 368 g/mol. The number of methoxy groups -OCH3 is 1. The molecule has 29 heavy (non-hydrogen) atoms. The number of carbonyl (C=O) groups is 1. The molecule has 2 rings (SSSR count). The maximum atomic E-state index is 11.9. The molecular formula is C24H30O5. The van der Waals surface area contributed by atoms with Crippen molar-refractivity contribution >= 4 is 12.0 Å². The first-order valence-corrected chi connectivity index (χ1v) is 10.0. The third-order valence-electron chi connectivity index (χ3n) is 4.42. The largest absolute Gasteiger partial charge is 0.497 e. The van der Waals surface area contributed by atoms with E-state index in [0.29, 0.717) is 13.2 Å². The van der Waals surface area contributed by atoms with Crippen molar-refractivity contribution in [3.63, 3.8) is 0 Å². The fourth-order valence-corrected chi connectivity index (χ4v) is 2.88. The van der Waals surface area contributed by atoms with Crippen molar-refractivity contribution in [2.45, 2.75) is 32.6 Å². The molecule has 5 heteroatoms. The van der Waals surface area contributed by atoms with Crippen molar-refractivity contribution in [1.29, 1.82) is 0 Å². The molecule has 2 aromatic carbocycles. The van der Waals surface area contributed by atoms with Crippen LogP contribution < -0.4 is 9.47 Å². The van der Waals surface area contributed by atoms with E-state index in [-0.39, 0.29) is 12.6 Å². The maximum Gasteiger partial charge on any atom is 0.330 e. The molecule has 0 amide bonds. The number of ether oxygens (including phenoxy) is 3. The second-order valence-electron chi connectivity index (χ2n) is 6.56. The molecule has 1 N–H and O–H groups in total. The van der Waals surface area contributed by atoms with Gasteiger partial charge in [0.25, 0.3) is 0 Å². The minimum Gasteiger partial charge on any atom is -0.497 e. The fourth-order valence-electron chi connectivity index (χ4n) is 2.88. The second-order valence-corrected chi connectivity index (χ2v) is 6.56. The predicted octanol–water partition coefficient (Wildman–Crippen LogP) is 4.87. The summed E-state index contributed by atoms with van der Waals surface area (Å²) in [5.74, 6) is 1.21. The van der Waals surface area contributed by atoms with Crippen molar-refractivity contribution in [1.82, 2.24) is 0 Å². The van der Waals surface area contributed by atoms with E-state index in [1.165, 1.54) is 6.08 Å². The summed E-state index contributed by atoms with van der Waals surface area (Å²) in [7, 11) is 1.64. The van der Waals surface area contributed by atoms with E-state index in [1.54, 1.807) is 13.2 Å². The highest BCUT2D eigenvalue weighted by molar-refractivity contribution is 5.87. The van der Waals surface area contributed by atoms with Gasteiger partial charge < -0.3 is 19.3 Å². The number of hydrogen-bond acceptors (Lipinski definition) is 5. The molecule has 0 aliphatic heterocycles. The zero-order valence-corrected chi connectivity index (χ0v) is 17.2. The highest BCUT2D eigenvalue weighted by Gasteiger charge is 2.08. The normalized spacial score (nSPS) is 10.9. The van der Waals surface area contributed by atoms with Gasteiger partial charge in [-0.15, -0.1) is 0 Å². The van der Waals surface area contributed by atoms with Crippen LogP contribution >= 0.6 is 0 Å². The molecule has 0 atom stereocenters. The average molecular weight is 398 g/mol. The first-order chi connectivity index (χ1) is 14.2. The molecule has 156 valence electrons. The highest BCUT2D eigenvalue weighted by Crippen LogP contribution is 2.32. The van der Waals surface area contributed by atoms with E-state index in [4.69, 9.17) is 19.3 Å². The van der Waals surface area contributed by atoms with Crippen molar-refractivity contribution in [3.8, 4) is 22.6 Å². The van der Waals surface area contributed by atoms with Gasteiger partial charge in [-0.3, -0.25) is 0 Å². The Morgan fingerprint density at radius 2 is 1.79 bits per heavy atom. The number of carbonyl (C=O) groups excluding carboxylic acids is 1. The Bertz CT molecular complexity index is 780. The van der Waals surface area contributed by atoms with Gasteiger partial charge in [0.05, 0.1) is 20.3 Å². The lowest BCUT2D eigenvalue weighted by Gasteiger charge is -2.12. The molecule has 0 aliphatic rings. The smallest absolute Gasteiger partial charge is 0.330 e. The summed E-state index contributed by atoms with van der Waals surface area (Å²) in [6, 6.07) is 13.7. The minimum atomic E-state index is -0.357. The standard InChI is InChI=1S/C24H30O5/c1-3-28-23-18-19(9-15-24(26)29-17-7-5-4-6-16-25)8-14-22(23)20-10-12-21(27-2)13-11-20/h8-15,18,25H,3-7,16-17H2,1-2H3. The molecule has 0 saturated heterocycles. The molecule has 0 heterocycles. The van der Waals surface area contributed by atoms with Crippen LogP contribution in [0, 0.1) is 0 Å². The number of benzene rings is 2. The van der Waals surface area contributed by atoms with E-state index >= 15 is 0 Å². The summed E-state index contributed by atoms with van der Waals surface area (Å²) in [6.07, 6.45) is 6.67. The third kappa shape index (κ3) is 7.62. The van der Waals surface area contributed by atoms with Gasteiger partial charge in [-0.2, -0.15) is 0 Å². The van der Waals surface area contributed by atoms with Crippen LogP contribution in [0.1, 0.15) is 38.2 Å². The monoisotopic (exact) mass is 398 g/mol. The number of esters is 1. The molecule has 0 radical (unpaired) electrons. The Kier molecular flexibility index (Phi) is 9.80. The SMILES string of the molecule is CCOc1cc(C=CC(=O)OCCCCCCO)ccc1-c1ccc(OC)cc1. The molecule has 0 bridgehead atoms. The van der Waals surface area contributed by atoms with Gasteiger partial charge in [-0.25, -0.2) is 4.79 Å². The quantitative estimate of drug-likeness (QED) is 0.314. The summed E-state index contributed by atoms with van der Waals surface area (Å²) in [4.78, 5) is 11.9. The van der Waals surface area contributed by atoms with E-state index in [0.717, 1.165) is 53.9 Å². The average Bonchev–Trinajstić information content (AvgIpc) is 2.75. The molecule has 0 saturated carbocycles. The summed E-state index contributed by atoms with van der Waals surface area (Å²) in [5.41, 5.74) is 2.88. The molecule has 0 spiro atoms. The number of aliphatic hydroxyl groups is 1. The van der Waals surface area contributed by atoms with Gasteiger partial charge in [-0.1, -0.05) is 30.7 Å². The third-order valence-corrected chi connectivity index (χ3v) is 4.42. The Hall–Kier alpha value is -2.79. The molecule has 0 aromatic heterocycles. The lowest BCUT2D eigenvalue weighted by atomic mass is 10.0. The zero-order chi connectivity index (χ0) is 20.9. The van der Waals surface area contributed by atoms with E-state index < -0.39 is 0 Å². The Morgan fingerprint density at radius 3 is 2.48 bits per heavy atom. The second kappa shape index (κ2) is 12.6. The fraction of sp³-hybridized carbons (Fsp3) is 0.375. The van der Waals surface area contributed by atoms with E-state index in [9.17, 15) is 4.79 Å². The van der Waals surface area contributed by atoms with Crippen molar-refractivity contribution in [3.05, 3.63) is 54.1 Å². The summed E-state index contributed by atoms with van der Waals surface area (Å²) < 4.78 is 16.2. The van der Waals surface area contributed by atoms with Crippen molar-refractivity contribution in [2.75, 3.05) is 26.9 Å². The lowest BCUT2D eigenvalue weighted by Crippen LogP contribution is -2.02. The molecule has 0 aliphatic carbocycles. The summed E-state index contributed by atoms with van der Waals surface area (Å²) in [6.45, 7) is 3.10. The summed E-state index contributed by atoms with van der Waals surface area (Å²) in [5, 5.41) is 8.74. The maximum absolute atomic E-state index is 11.9. The van der Waals surface area contributed by atoms with Crippen LogP contribution in [-0.2, 0) is 9.53 Å². The first-order valence-electron chi connectivity index (χ1n) is 10.0. The zero-order valence-electron chi connectivity index (χ0n) is 17.2. The van der Waals surface area contributed by atoms with Crippen molar-refractivity contribution < 1.29 is 24.1 Å². The van der Waals surface area contributed by atoms with Crippen LogP contribution in [0.5, 0.6) is 11.5 Å². The minimum absolute atomic E-state index is 0.212. The molecule has 5 nitrogen and oxygen atoms in total. The topological polar surface area (TPSA) is 65.0 Å². The Morgan fingerprint density at radius 1 is 1.03 bits per heavy atom. The van der Waals surface area contributed by atoms with Gasteiger partial charge >= 0.3 is 5.97 Å². The molecule has 0 unspecified atom stereocenters. The highest BCUT2D eigenvalue weighted by atomic mass is 16.5. The number of unbranched alkanes of at least 4 members (excludes halogenated alkanes) is 3. The number of rotatable bonds is 12. The summed E-state index contributed by atoms with van der Waals surface area (Å²) >= 11 is 0. The van der Waals surface area contributed by atoms with Crippen LogP contribution in [-0.4, -0.2) is 38.0 Å². The Labute approximate surface area is 172 Å². The number of hydrogen-bond donors (Lipinski definition) is 1. The van der Waals surface area contributed by atoms with Gasteiger partial charge in [0.1, 0.15) is 11.5 Å². The van der Waals surface area contributed by atoms with Crippen LogP contribution in [0.15, 0.2) is 48.5 Å². The lowest BCUT2D eigenvalue weighted by molar-refractivity contribution is -0.137. The van der Waals surface area contributed by atoms with Crippen LogP contribution in [0.4, 0.5) is 0 Å².